The number of fused-ring (bicyclic) bond motifs is 1. The number of para-hydroxylation sites is 2. The summed E-state index contributed by atoms with van der Waals surface area (Å²) in [7, 11) is 0. The topological polar surface area (TPSA) is 46.7 Å². The average Bonchev–Trinajstić information content (AvgIpc) is 2.27. The van der Waals surface area contributed by atoms with Crippen molar-refractivity contribution in [1.82, 2.24) is 0 Å². The Balaban J connectivity index is 2.42. The number of rotatable bonds is 0. The molecule has 0 unspecified atom stereocenters. The summed E-state index contributed by atoms with van der Waals surface area (Å²) in [5.74, 6) is 8.23. The van der Waals surface area contributed by atoms with Gasteiger partial charge in [0.15, 0.2) is 0 Å². The maximum atomic E-state index is 6.99. The van der Waals surface area contributed by atoms with E-state index < -0.39 is 0 Å². The molecule has 0 aromatic heterocycles. The lowest BCUT2D eigenvalue weighted by Gasteiger charge is -2.05. The number of benzene rings is 1. The number of nitrogens with one attached hydrogen (secondary N) is 2. The molecule has 1 aromatic rings. The Labute approximate surface area is 57.6 Å². The largest absolute Gasteiger partial charge is 0.378 e. The van der Waals surface area contributed by atoms with Crippen LogP contribution in [0.5, 0.6) is 11.5 Å². The van der Waals surface area contributed by atoms with Crippen molar-refractivity contribution in [2.24, 2.45) is 0 Å². The molecule has 1 aliphatic heterocycles. The van der Waals surface area contributed by atoms with Gasteiger partial charge in [-0.25, -0.2) is 0 Å². The minimum Gasteiger partial charge on any atom is -0.378 e. The maximum absolute atomic E-state index is 6.99. The SMILES string of the molecule is [NH-][NH+]1Oc2ccccc2O1. The molecule has 1 aromatic carbocycles. The minimum absolute atomic E-state index is 0.152. The standard InChI is InChI=1S/C6H6N2O2/c7-8-9-5-3-1-2-4-6(5)10-8/h1-4,7-8H. The summed E-state index contributed by atoms with van der Waals surface area (Å²) in [5, 5.41) is -0.152. The molecule has 4 heteroatoms. The maximum Gasteiger partial charge on any atom is 0.243 e. The van der Waals surface area contributed by atoms with Gasteiger partial charge in [-0.15, -0.1) is 0 Å². The molecule has 0 amide bonds. The van der Waals surface area contributed by atoms with Crippen LogP contribution in [0.4, 0.5) is 0 Å². The Kier molecular flexibility index (Phi) is 1.03. The Bertz CT molecular complexity index is 226. The highest BCUT2D eigenvalue weighted by atomic mass is 17.0. The van der Waals surface area contributed by atoms with Gasteiger partial charge in [-0.3, -0.25) is 9.68 Å². The summed E-state index contributed by atoms with van der Waals surface area (Å²) in [6, 6.07) is 7.19. The normalized spacial score (nSPS) is 15.7. The first-order valence-electron chi connectivity index (χ1n) is 2.89. The Morgan fingerprint density at radius 1 is 1.10 bits per heavy atom. The van der Waals surface area contributed by atoms with Gasteiger partial charge in [-0.2, -0.15) is 0 Å². The second-order valence-electron chi connectivity index (χ2n) is 1.94. The van der Waals surface area contributed by atoms with E-state index in [2.05, 4.69) is 0 Å². The number of hydrogen-bond acceptors (Lipinski definition) is 2. The van der Waals surface area contributed by atoms with Crippen LogP contribution in [0.1, 0.15) is 0 Å². The fourth-order valence-corrected chi connectivity index (χ4v) is 0.839. The van der Waals surface area contributed by atoms with Crippen molar-refractivity contribution in [3.8, 4) is 11.5 Å². The smallest absolute Gasteiger partial charge is 0.243 e. The van der Waals surface area contributed by atoms with Crippen LogP contribution < -0.4 is 15.0 Å². The van der Waals surface area contributed by atoms with Gasteiger partial charge in [0.25, 0.3) is 0 Å². The van der Waals surface area contributed by atoms with Gasteiger partial charge in [0, 0.05) is 0 Å². The fraction of sp³-hybridized carbons (Fsp3) is 0. The summed E-state index contributed by atoms with van der Waals surface area (Å²) in [5.41, 5.74) is 0. The Morgan fingerprint density at radius 2 is 1.60 bits per heavy atom. The molecule has 0 saturated carbocycles. The first kappa shape index (κ1) is 5.52. The van der Waals surface area contributed by atoms with Gasteiger partial charge < -0.3 is 5.84 Å². The van der Waals surface area contributed by atoms with Crippen molar-refractivity contribution in [2.75, 3.05) is 0 Å². The second kappa shape index (κ2) is 1.86. The molecule has 10 heavy (non-hydrogen) atoms. The van der Waals surface area contributed by atoms with Crippen molar-refractivity contribution in [3.05, 3.63) is 30.1 Å². The lowest BCUT2D eigenvalue weighted by molar-refractivity contribution is -1.15. The highest BCUT2D eigenvalue weighted by Gasteiger charge is 2.19. The molecule has 52 valence electrons. The predicted octanol–water partition coefficient (Wildman–Crippen LogP) is 0.140. The van der Waals surface area contributed by atoms with Crippen molar-refractivity contribution >= 4 is 0 Å². The summed E-state index contributed by atoms with van der Waals surface area (Å²) in [6.07, 6.45) is 0. The molecular weight excluding hydrogens is 132 g/mol. The van der Waals surface area contributed by atoms with E-state index in [1.807, 2.05) is 12.1 Å². The molecule has 0 atom stereocenters. The van der Waals surface area contributed by atoms with E-state index in [0.717, 1.165) is 0 Å². The van der Waals surface area contributed by atoms with Crippen LogP contribution >= 0.6 is 0 Å². The van der Waals surface area contributed by atoms with E-state index in [-0.39, 0.29) is 5.34 Å². The predicted molar refractivity (Wildman–Crippen MR) is 33.0 cm³/mol. The van der Waals surface area contributed by atoms with Gasteiger partial charge in [0.05, 0.1) is 0 Å². The summed E-state index contributed by atoms with van der Waals surface area (Å²) in [6.45, 7) is 0. The first-order chi connectivity index (χ1) is 4.86. The lowest BCUT2D eigenvalue weighted by atomic mass is 10.3. The summed E-state index contributed by atoms with van der Waals surface area (Å²) in [4.78, 5) is 9.74. The Morgan fingerprint density at radius 3 is 2.10 bits per heavy atom. The van der Waals surface area contributed by atoms with Crippen LogP contribution in [0, 0.1) is 0 Å². The van der Waals surface area contributed by atoms with E-state index in [9.17, 15) is 0 Å². The zero-order valence-electron chi connectivity index (χ0n) is 5.13. The zero-order valence-corrected chi connectivity index (χ0v) is 5.13. The summed E-state index contributed by atoms with van der Waals surface area (Å²) < 4.78 is 0. The second-order valence-corrected chi connectivity index (χ2v) is 1.94. The molecule has 2 rings (SSSR count). The molecule has 1 aliphatic rings. The molecular formula is C6H6N2O2. The van der Waals surface area contributed by atoms with Crippen LogP contribution in [0.2, 0.25) is 0 Å². The summed E-state index contributed by atoms with van der Waals surface area (Å²) >= 11 is 0. The molecule has 0 spiro atoms. The lowest BCUT2D eigenvalue weighted by Crippen LogP contribution is -3.07. The molecule has 2 N–H and O–H groups in total. The van der Waals surface area contributed by atoms with Crippen LogP contribution in [-0.4, -0.2) is 0 Å². The van der Waals surface area contributed by atoms with Gasteiger partial charge in [0.2, 0.25) is 11.5 Å². The van der Waals surface area contributed by atoms with Crippen molar-refractivity contribution in [2.45, 2.75) is 0 Å². The highest BCUT2D eigenvalue weighted by molar-refractivity contribution is 5.39. The van der Waals surface area contributed by atoms with Crippen LogP contribution in [0.3, 0.4) is 0 Å². The van der Waals surface area contributed by atoms with Gasteiger partial charge >= 0.3 is 0 Å². The number of hydrogen-bond donors (Lipinski definition) is 1. The van der Waals surface area contributed by atoms with Crippen molar-refractivity contribution < 1.29 is 15.0 Å². The van der Waals surface area contributed by atoms with Gasteiger partial charge in [0.1, 0.15) is 0 Å². The molecule has 0 aliphatic carbocycles. The molecule has 0 saturated heterocycles. The fourth-order valence-electron chi connectivity index (χ4n) is 0.839. The van der Waals surface area contributed by atoms with Crippen LogP contribution in [-0.2, 0) is 0 Å². The van der Waals surface area contributed by atoms with Crippen LogP contribution in [0.25, 0.3) is 5.84 Å². The van der Waals surface area contributed by atoms with E-state index in [4.69, 9.17) is 15.5 Å². The average molecular weight is 138 g/mol. The van der Waals surface area contributed by atoms with E-state index in [0.29, 0.717) is 11.5 Å². The first-order valence-corrected chi connectivity index (χ1v) is 2.89. The third kappa shape index (κ3) is 0.706. The third-order valence-corrected chi connectivity index (χ3v) is 1.25. The molecule has 0 fully saturated rings. The minimum atomic E-state index is -0.152. The quantitative estimate of drug-likeness (QED) is 0.554. The van der Waals surface area contributed by atoms with E-state index >= 15 is 0 Å². The highest BCUT2D eigenvalue weighted by Crippen LogP contribution is 2.26. The molecule has 0 radical (unpaired) electrons. The van der Waals surface area contributed by atoms with Gasteiger partial charge in [-0.1, -0.05) is 12.1 Å². The van der Waals surface area contributed by atoms with Crippen molar-refractivity contribution in [1.29, 1.82) is 0 Å². The molecule has 0 bridgehead atoms. The van der Waals surface area contributed by atoms with Crippen molar-refractivity contribution in [3.63, 3.8) is 0 Å². The zero-order chi connectivity index (χ0) is 6.97. The van der Waals surface area contributed by atoms with E-state index in [1.54, 1.807) is 12.1 Å². The van der Waals surface area contributed by atoms with Gasteiger partial charge in [-0.05, 0) is 17.5 Å². The van der Waals surface area contributed by atoms with E-state index in [1.165, 1.54) is 0 Å². The number of quaternary nitrogens is 1. The molecule has 1 heterocycles. The molecule has 4 nitrogen and oxygen atoms in total. The third-order valence-electron chi connectivity index (χ3n) is 1.25. The monoisotopic (exact) mass is 138 g/mol. The van der Waals surface area contributed by atoms with Crippen LogP contribution in [0.15, 0.2) is 24.3 Å². The Hall–Kier alpha value is -1.26.